The molecular formula is C13H15BrN4O. The lowest BCUT2D eigenvalue weighted by Gasteiger charge is -2.09. The second-order valence-corrected chi connectivity index (χ2v) is 5.30. The molecule has 0 unspecified atom stereocenters. The first-order chi connectivity index (χ1) is 8.90. The largest absolute Gasteiger partial charge is 0.394 e. The molecule has 0 aliphatic carbocycles. The molecule has 6 heteroatoms. The first-order valence-corrected chi connectivity index (χ1v) is 6.56. The zero-order valence-electron chi connectivity index (χ0n) is 11.0. The lowest BCUT2D eigenvalue weighted by atomic mass is 10.1. The predicted molar refractivity (Wildman–Crippen MR) is 79.2 cm³/mol. The van der Waals surface area contributed by atoms with Gasteiger partial charge in [-0.2, -0.15) is 5.10 Å². The zero-order chi connectivity index (χ0) is 14.2. The molecule has 0 bridgehead atoms. The average Bonchev–Trinajstić information content (AvgIpc) is 2.56. The summed E-state index contributed by atoms with van der Waals surface area (Å²) < 4.78 is 2.51. The van der Waals surface area contributed by atoms with Crippen molar-refractivity contribution in [3.05, 3.63) is 39.5 Å². The number of halogens is 1. The summed E-state index contributed by atoms with van der Waals surface area (Å²) >= 11 is 3.37. The van der Waals surface area contributed by atoms with Gasteiger partial charge in [-0.3, -0.25) is 9.48 Å². The summed E-state index contributed by atoms with van der Waals surface area (Å²) in [6.45, 7) is 3.69. The number of benzene rings is 1. The van der Waals surface area contributed by atoms with Gasteiger partial charge in [-0.1, -0.05) is 15.9 Å². The maximum absolute atomic E-state index is 12.2. The Labute approximate surface area is 119 Å². The third-order valence-corrected chi connectivity index (χ3v) is 3.43. The summed E-state index contributed by atoms with van der Waals surface area (Å²) in [6, 6.07) is 5.50. The number of anilines is 2. The quantitative estimate of drug-likeness (QED) is 0.892. The van der Waals surface area contributed by atoms with E-state index in [1.165, 1.54) is 0 Å². The summed E-state index contributed by atoms with van der Waals surface area (Å²) in [5, 5.41) is 6.96. The van der Waals surface area contributed by atoms with Gasteiger partial charge < -0.3 is 11.1 Å². The molecule has 1 amide bonds. The monoisotopic (exact) mass is 322 g/mol. The van der Waals surface area contributed by atoms with Crippen LogP contribution in [0.25, 0.3) is 0 Å². The van der Waals surface area contributed by atoms with Gasteiger partial charge in [-0.15, -0.1) is 0 Å². The van der Waals surface area contributed by atoms with Crippen LogP contribution in [-0.2, 0) is 7.05 Å². The second-order valence-electron chi connectivity index (χ2n) is 4.38. The summed E-state index contributed by atoms with van der Waals surface area (Å²) in [4.78, 5) is 12.2. The maximum Gasteiger partial charge on any atom is 0.257 e. The van der Waals surface area contributed by atoms with E-state index in [4.69, 9.17) is 5.73 Å². The van der Waals surface area contributed by atoms with Crippen LogP contribution in [0.5, 0.6) is 0 Å². The normalized spacial score (nSPS) is 10.5. The van der Waals surface area contributed by atoms with E-state index in [-0.39, 0.29) is 5.91 Å². The number of nitrogens with zero attached hydrogens (tertiary/aromatic N) is 2. The van der Waals surface area contributed by atoms with Gasteiger partial charge in [0.1, 0.15) is 0 Å². The fraction of sp³-hybridized carbons (Fsp3) is 0.231. The van der Waals surface area contributed by atoms with E-state index in [2.05, 4.69) is 26.3 Å². The molecule has 2 aromatic rings. The Morgan fingerprint density at radius 3 is 2.63 bits per heavy atom. The molecule has 0 fully saturated rings. The highest BCUT2D eigenvalue weighted by molar-refractivity contribution is 9.10. The first kappa shape index (κ1) is 13.6. The third-order valence-electron chi connectivity index (χ3n) is 2.93. The molecule has 0 saturated heterocycles. The summed E-state index contributed by atoms with van der Waals surface area (Å²) in [5.74, 6) is 0.324. The molecule has 1 heterocycles. The Morgan fingerprint density at radius 1 is 1.42 bits per heavy atom. The number of carbonyl (C=O) groups is 1. The highest BCUT2D eigenvalue weighted by Gasteiger charge is 2.15. The van der Waals surface area contributed by atoms with Crippen molar-refractivity contribution in [2.45, 2.75) is 13.8 Å². The van der Waals surface area contributed by atoms with E-state index < -0.39 is 0 Å². The minimum Gasteiger partial charge on any atom is -0.394 e. The SMILES string of the molecule is Cc1cc(Br)ccc1C(=O)Nc1c(N)c(C)nn1C. The number of amides is 1. The number of aryl methyl sites for hydroxylation is 3. The van der Waals surface area contributed by atoms with Crippen LogP contribution < -0.4 is 11.1 Å². The highest BCUT2D eigenvalue weighted by Crippen LogP contribution is 2.23. The fourth-order valence-electron chi connectivity index (χ4n) is 1.88. The predicted octanol–water partition coefficient (Wildman–Crippen LogP) is 2.63. The molecule has 100 valence electrons. The second kappa shape index (κ2) is 5.05. The van der Waals surface area contributed by atoms with Crippen LogP contribution in [0, 0.1) is 13.8 Å². The van der Waals surface area contributed by atoms with Crippen LogP contribution in [0.15, 0.2) is 22.7 Å². The van der Waals surface area contributed by atoms with E-state index in [9.17, 15) is 4.79 Å². The molecule has 0 atom stereocenters. The number of hydrogen-bond donors (Lipinski definition) is 2. The van der Waals surface area contributed by atoms with Crippen LogP contribution in [0.1, 0.15) is 21.6 Å². The van der Waals surface area contributed by atoms with Gasteiger partial charge in [0.05, 0.1) is 11.4 Å². The Kier molecular flexibility index (Phi) is 3.61. The Balaban J connectivity index is 2.31. The minimum atomic E-state index is -0.195. The van der Waals surface area contributed by atoms with E-state index in [0.29, 0.717) is 22.8 Å². The van der Waals surface area contributed by atoms with Crippen molar-refractivity contribution >= 4 is 33.3 Å². The van der Waals surface area contributed by atoms with Gasteiger partial charge in [-0.05, 0) is 37.6 Å². The lowest BCUT2D eigenvalue weighted by molar-refractivity contribution is 0.102. The zero-order valence-corrected chi connectivity index (χ0v) is 12.6. The van der Waals surface area contributed by atoms with E-state index >= 15 is 0 Å². The molecule has 0 aliphatic heterocycles. The van der Waals surface area contributed by atoms with Crippen LogP contribution in [0.2, 0.25) is 0 Å². The molecule has 0 spiro atoms. The Morgan fingerprint density at radius 2 is 2.11 bits per heavy atom. The standard InChI is InChI=1S/C13H15BrN4O/c1-7-6-9(14)4-5-10(7)13(19)16-12-11(15)8(2)17-18(12)3/h4-6H,15H2,1-3H3,(H,16,19). The summed E-state index contributed by atoms with van der Waals surface area (Å²) in [6.07, 6.45) is 0. The maximum atomic E-state index is 12.2. The van der Waals surface area contributed by atoms with Crippen molar-refractivity contribution in [3.63, 3.8) is 0 Å². The van der Waals surface area contributed by atoms with Crippen LogP contribution >= 0.6 is 15.9 Å². The minimum absolute atomic E-state index is 0.195. The van der Waals surface area contributed by atoms with Crippen molar-refractivity contribution in [1.29, 1.82) is 0 Å². The topological polar surface area (TPSA) is 72.9 Å². The van der Waals surface area contributed by atoms with E-state index in [1.807, 2.05) is 19.1 Å². The fourth-order valence-corrected chi connectivity index (χ4v) is 2.36. The molecule has 0 aliphatic rings. The molecule has 1 aromatic heterocycles. The van der Waals surface area contributed by atoms with Crippen molar-refractivity contribution in [2.75, 3.05) is 11.1 Å². The van der Waals surface area contributed by atoms with E-state index in [1.54, 1.807) is 24.7 Å². The molecule has 19 heavy (non-hydrogen) atoms. The van der Waals surface area contributed by atoms with Crippen LogP contribution in [0.4, 0.5) is 11.5 Å². The average molecular weight is 323 g/mol. The molecular weight excluding hydrogens is 308 g/mol. The number of carbonyl (C=O) groups excluding carboxylic acids is 1. The molecule has 0 radical (unpaired) electrons. The highest BCUT2D eigenvalue weighted by atomic mass is 79.9. The Hall–Kier alpha value is -1.82. The van der Waals surface area contributed by atoms with Crippen molar-refractivity contribution in [1.82, 2.24) is 9.78 Å². The number of nitrogens with one attached hydrogen (secondary N) is 1. The number of hydrogen-bond acceptors (Lipinski definition) is 3. The number of nitrogen functional groups attached to an aromatic ring is 1. The molecule has 2 rings (SSSR count). The third kappa shape index (κ3) is 2.63. The van der Waals surface area contributed by atoms with Gasteiger partial charge in [0.15, 0.2) is 5.82 Å². The van der Waals surface area contributed by atoms with E-state index in [0.717, 1.165) is 10.0 Å². The van der Waals surface area contributed by atoms with Gasteiger partial charge in [-0.25, -0.2) is 0 Å². The van der Waals surface area contributed by atoms with Crippen molar-refractivity contribution in [2.24, 2.45) is 7.05 Å². The van der Waals surface area contributed by atoms with Crippen molar-refractivity contribution in [3.8, 4) is 0 Å². The van der Waals surface area contributed by atoms with Gasteiger partial charge in [0.25, 0.3) is 5.91 Å². The molecule has 3 N–H and O–H groups in total. The number of nitrogens with two attached hydrogens (primary N) is 1. The van der Waals surface area contributed by atoms with Gasteiger partial charge in [0, 0.05) is 17.1 Å². The molecule has 1 aromatic carbocycles. The molecule has 5 nitrogen and oxygen atoms in total. The van der Waals surface area contributed by atoms with Gasteiger partial charge in [0.2, 0.25) is 0 Å². The lowest BCUT2D eigenvalue weighted by Crippen LogP contribution is -2.16. The number of aromatic nitrogens is 2. The summed E-state index contributed by atoms with van der Waals surface area (Å²) in [7, 11) is 1.74. The van der Waals surface area contributed by atoms with Crippen molar-refractivity contribution < 1.29 is 4.79 Å². The van der Waals surface area contributed by atoms with Crippen LogP contribution in [-0.4, -0.2) is 15.7 Å². The van der Waals surface area contributed by atoms with Crippen LogP contribution in [0.3, 0.4) is 0 Å². The van der Waals surface area contributed by atoms with Gasteiger partial charge >= 0.3 is 0 Å². The molecule has 0 saturated carbocycles. The smallest absolute Gasteiger partial charge is 0.257 e. The number of rotatable bonds is 2. The summed E-state index contributed by atoms with van der Waals surface area (Å²) in [5.41, 5.74) is 8.58. The first-order valence-electron chi connectivity index (χ1n) is 5.76. The Bertz CT molecular complexity index is 648.